The summed E-state index contributed by atoms with van der Waals surface area (Å²) in [5.74, 6) is -0.396. The van der Waals surface area contributed by atoms with Crippen LogP contribution in [0.25, 0.3) is 0 Å². The average molecular weight is 478 g/mol. The van der Waals surface area contributed by atoms with Crippen molar-refractivity contribution >= 4 is 14.1 Å². The molecule has 32 heavy (non-hydrogen) atoms. The number of carbonyl (C=O) groups excluding carboxylic acids is 1. The highest BCUT2D eigenvalue weighted by Gasteiger charge is 2.52. The first-order valence-corrected chi connectivity index (χ1v) is 15.1. The van der Waals surface area contributed by atoms with Crippen molar-refractivity contribution in [2.75, 3.05) is 19.8 Å². The first-order chi connectivity index (χ1) is 15.6. The van der Waals surface area contributed by atoms with E-state index in [0.29, 0.717) is 19.8 Å². The molecule has 0 unspecified atom stereocenters. The van der Waals surface area contributed by atoms with Gasteiger partial charge in [0.25, 0.3) is 0 Å². The lowest BCUT2D eigenvalue weighted by molar-refractivity contribution is -0.135. The van der Waals surface area contributed by atoms with Gasteiger partial charge in [-0.3, -0.25) is 0 Å². The van der Waals surface area contributed by atoms with Gasteiger partial charge in [0, 0.05) is 6.92 Å². The molecule has 0 atom stereocenters. The summed E-state index contributed by atoms with van der Waals surface area (Å²) in [6.45, 7) is 9.63. The zero-order chi connectivity index (χ0) is 23.8. The van der Waals surface area contributed by atoms with Crippen LogP contribution in [0.4, 0.5) is 0 Å². The molecular formula is C26H54O5P+. The molecule has 6 heteroatoms. The predicted molar refractivity (Wildman–Crippen MR) is 137 cm³/mol. The minimum Gasteiger partial charge on any atom is -0.247 e. The molecule has 0 amide bonds. The lowest BCUT2D eigenvalue weighted by Gasteiger charge is -2.19. The van der Waals surface area contributed by atoms with Gasteiger partial charge in [-0.05, 0) is 19.3 Å². The fraction of sp³-hybridized carbons (Fsp3) is 0.962. The molecule has 5 nitrogen and oxygen atoms in total. The maximum Gasteiger partial charge on any atom is 0.624 e. The van der Waals surface area contributed by atoms with E-state index in [0.717, 1.165) is 38.5 Å². The summed E-state index contributed by atoms with van der Waals surface area (Å²) in [7, 11) is -3.09. The molecule has 0 N–H and O–H groups in total. The number of unbranched alkanes of at least 4 members (excludes halogenated alkanes) is 15. The summed E-state index contributed by atoms with van der Waals surface area (Å²) in [6, 6.07) is 0. The van der Waals surface area contributed by atoms with Crippen LogP contribution in [0.5, 0.6) is 0 Å². The standard InChI is InChI=1S/C26H54O5P/c1-5-8-11-14-17-20-23-28-32(31-26(4)27,29-24-21-18-15-12-9-6-2)30-25-22-19-16-13-10-7-3/h5-25H2,1-4H3/q+1. The Balaban J connectivity index is 4.57. The zero-order valence-corrected chi connectivity index (χ0v) is 22.7. The van der Waals surface area contributed by atoms with Crippen molar-refractivity contribution in [3.05, 3.63) is 0 Å². The molecule has 0 saturated carbocycles. The fourth-order valence-corrected chi connectivity index (χ4v) is 5.28. The summed E-state index contributed by atoms with van der Waals surface area (Å²) in [5.41, 5.74) is 0. The van der Waals surface area contributed by atoms with Crippen LogP contribution in [0, 0.1) is 0 Å². The normalized spacial score (nSPS) is 11.8. The van der Waals surface area contributed by atoms with Gasteiger partial charge >= 0.3 is 14.1 Å². The van der Waals surface area contributed by atoms with Crippen molar-refractivity contribution in [2.24, 2.45) is 0 Å². The Morgan fingerprint density at radius 1 is 0.500 bits per heavy atom. The van der Waals surface area contributed by atoms with E-state index in [-0.39, 0.29) is 0 Å². The summed E-state index contributed by atoms with van der Waals surface area (Å²) in [6.07, 6.45) is 21.2. The Hall–Kier alpha value is -0.220. The van der Waals surface area contributed by atoms with Crippen LogP contribution < -0.4 is 0 Å². The van der Waals surface area contributed by atoms with Gasteiger partial charge in [-0.2, -0.15) is 0 Å². The second-order valence-electron chi connectivity index (χ2n) is 8.83. The highest BCUT2D eigenvalue weighted by Crippen LogP contribution is 2.63. The van der Waals surface area contributed by atoms with E-state index in [9.17, 15) is 4.79 Å². The SMILES string of the molecule is CCCCCCCCO[P+](OCCCCCCCC)(OCCCCCCCC)OC(C)=O. The van der Waals surface area contributed by atoms with Gasteiger partial charge in [0.2, 0.25) is 0 Å². The smallest absolute Gasteiger partial charge is 0.247 e. The van der Waals surface area contributed by atoms with Crippen molar-refractivity contribution in [2.45, 2.75) is 143 Å². The topological polar surface area (TPSA) is 54.0 Å². The van der Waals surface area contributed by atoms with Crippen molar-refractivity contribution in [1.82, 2.24) is 0 Å². The monoisotopic (exact) mass is 477 g/mol. The highest BCUT2D eigenvalue weighted by atomic mass is 31.2. The molecule has 0 rings (SSSR count). The van der Waals surface area contributed by atoms with E-state index in [1.807, 2.05) is 0 Å². The van der Waals surface area contributed by atoms with Gasteiger partial charge in [-0.25, -0.2) is 9.32 Å². The highest BCUT2D eigenvalue weighted by molar-refractivity contribution is 7.57. The molecule has 192 valence electrons. The molecule has 0 fully saturated rings. The third kappa shape index (κ3) is 20.4. The zero-order valence-electron chi connectivity index (χ0n) is 21.8. The van der Waals surface area contributed by atoms with Crippen molar-refractivity contribution < 1.29 is 22.9 Å². The van der Waals surface area contributed by atoms with Crippen molar-refractivity contribution in [1.29, 1.82) is 0 Å². The van der Waals surface area contributed by atoms with Crippen LogP contribution in [-0.2, 0) is 22.9 Å². The third-order valence-corrected chi connectivity index (χ3v) is 7.46. The van der Waals surface area contributed by atoms with Gasteiger partial charge in [0.15, 0.2) is 0 Å². The molecule has 0 aliphatic heterocycles. The number of carbonyl (C=O) groups is 1. The molecule has 0 radical (unpaired) electrons. The van der Waals surface area contributed by atoms with Crippen LogP contribution in [0.3, 0.4) is 0 Å². The number of hydrogen-bond acceptors (Lipinski definition) is 5. The lowest BCUT2D eigenvalue weighted by atomic mass is 10.1. The molecule has 0 spiro atoms. The van der Waals surface area contributed by atoms with Crippen LogP contribution >= 0.6 is 8.17 Å². The Labute approximate surface area is 200 Å². The first-order valence-electron chi connectivity index (χ1n) is 13.6. The van der Waals surface area contributed by atoms with E-state index in [4.69, 9.17) is 18.1 Å². The van der Waals surface area contributed by atoms with Gasteiger partial charge in [-0.15, -0.1) is 13.6 Å². The Morgan fingerprint density at radius 3 is 1.06 bits per heavy atom. The predicted octanol–water partition coefficient (Wildman–Crippen LogP) is 9.36. The maximum absolute atomic E-state index is 11.8. The molecular weight excluding hydrogens is 423 g/mol. The Morgan fingerprint density at radius 2 is 0.781 bits per heavy atom. The van der Waals surface area contributed by atoms with E-state index >= 15 is 0 Å². The molecule has 0 saturated heterocycles. The second-order valence-corrected chi connectivity index (χ2v) is 10.7. The van der Waals surface area contributed by atoms with Gasteiger partial charge in [-0.1, -0.05) is 117 Å². The maximum atomic E-state index is 11.8. The first kappa shape index (κ1) is 31.8. The molecule has 0 aromatic carbocycles. The number of hydrogen-bond donors (Lipinski definition) is 0. The van der Waals surface area contributed by atoms with Crippen LogP contribution in [-0.4, -0.2) is 25.8 Å². The largest absolute Gasteiger partial charge is 0.624 e. The van der Waals surface area contributed by atoms with E-state index in [1.165, 1.54) is 84.0 Å². The molecule has 0 aliphatic carbocycles. The molecule has 0 aliphatic rings. The van der Waals surface area contributed by atoms with E-state index in [1.54, 1.807) is 0 Å². The van der Waals surface area contributed by atoms with Crippen molar-refractivity contribution in [3.63, 3.8) is 0 Å². The minimum absolute atomic E-state index is 0.396. The van der Waals surface area contributed by atoms with Gasteiger partial charge in [0.05, 0.1) is 0 Å². The third-order valence-electron chi connectivity index (χ3n) is 5.48. The van der Waals surface area contributed by atoms with Gasteiger partial charge in [0.1, 0.15) is 19.8 Å². The quantitative estimate of drug-likeness (QED) is 0.0968. The van der Waals surface area contributed by atoms with Crippen LogP contribution in [0.15, 0.2) is 0 Å². The Kier molecular flexibility index (Phi) is 23.8. The Bertz CT molecular complexity index is 360. The van der Waals surface area contributed by atoms with Crippen LogP contribution in [0.2, 0.25) is 0 Å². The molecule has 0 heterocycles. The van der Waals surface area contributed by atoms with E-state index < -0.39 is 14.1 Å². The average Bonchev–Trinajstić information content (AvgIpc) is 2.77. The summed E-state index contributed by atoms with van der Waals surface area (Å²) in [4.78, 5) is 11.8. The number of rotatable bonds is 25. The van der Waals surface area contributed by atoms with Crippen LogP contribution in [0.1, 0.15) is 143 Å². The van der Waals surface area contributed by atoms with Gasteiger partial charge < -0.3 is 0 Å². The second kappa shape index (κ2) is 23.9. The summed E-state index contributed by atoms with van der Waals surface area (Å²) < 4.78 is 23.8. The summed E-state index contributed by atoms with van der Waals surface area (Å²) in [5, 5.41) is 0. The van der Waals surface area contributed by atoms with Crippen molar-refractivity contribution in [3.8, 4) is 0 Å². The molecule has 0 aromatic heterocycles. The van der Waals surface area contributed by atoms with E-state index in [2.05, 4.69) is 20.8 Å². The molecule has 0 bridgehead atoms. The summed E-state index contributed by atoms with van der Waals surface area (Å²) >= 11 is 0. The molecule has 0 aromatic rings. The fourth-order valence-electron chi connectivity index (χ4n) is 3.52. The lowest BCUT2D eigenvalue weighted by Crippen LogP contribution is -2.15. The minimum atomic E-state index is -3.09.